The first-order valence-electron chi connectivity index (χ1n) is 9.44. The number of phenolic OH excluding ortho intramolecular Hbond substituents is 1. The first kappa shape index (κ1) is 20.2. The van der Waals surface area contributed by atoms with Crippen LogP contribution in [0.25, 0.3) is 5.70 Å². The molecule has 28 heavy (non-hydrogen) atoms. The van der Waals surface area contributed by atoms with E-state index in [4.69, 9.17) is 17.2 Å². The molecule has 0 atom stereocenters. The van der Waals surface area contributed by atoms with Gasteiger partial charge in [0, 0.05) is 29.2 Å². The molecule has 1 saturated heterocycles. The number of hydrogen-bond donors (Lipinski definition) is 4. The second-order valence-electron chi connectivity index (χ2n) is 7.14. The normalized spacial score (nSPS) is 16.1. The van der Waals surface area contributed by atoms with E-state index in [1.165, 1.54) is 10.5 Å². The van der Waals surface area contributed by atoms with Crippen molar-refractivity contribution in [2.45, 2.75) is 24.7 Å². The Morgan fingerprint density at radius 1 is 1.04 bits per heavy atom. The summed E-state index contributed by atoms with van der Waals surface area (Å²) in [7, 11) is 0. The van der Waals surface area contributed by atoms with Crippen LogP contribution in [-0.2, 0) is 0 Å². The van der Waals surface area contributed by atoms with Gasteiger partial charge in [-0.05, 0) is 73.5 Å². The Morgan fingerprint density at radius 2 is 1.68 bits per heavy atom. The van der Waals surface area contributed by atoms with Crippen molar-refractivity contribution in [1.29, 1.82) is 0 Å². The Morgan fingerprint density at radius 3 is 2.29 bits per heavy atom. The van der Waals surface area contributed by atoms with E-state index in [1.807, 2.05) is 12.1 Å². The highest BCUT2D eigenvalue weighted by molar-refractivity contribution is 7.97. The van der Waals surface area contributed by atoms with E-state index < -0.39 is 0 Å². The molecule has 1 aliphatic rings. The molecular formula is C22H28N4OS. The zero-order valence-corrected chi connectivity index (χ0v) is 17.0. The fourth-order valence-electron chi connectivity index (χ4n) is 3.41. The molecule has 0 amide bonds. The number of aryl methyl sites for hydroxylation is 1. The molecule has 0 spiro atoms. The van der Waals surface area contributed by atoms with Gasteiger partial charge in [-0.15, -0.1) is 0 Å². The second kappa shape index (κ2) is 9.08. The van der Waals surface area contributed by atoms with Crippen LogP contribution in [0.5, 0.6) is 5.75 Å². The van der Waals surface area contributed by atoms with Crippen LogP contribution < -0.4 is 17.2 Å². The summed E-state index contributed by atoms with van der Waals surface area (Å²) in [6.45, 7) is 3.99. The maximum Gasteiger partial charge on any atom is 0.124 e. The summed E-state index contributed by atoms with van der Waals surface area (Å²) in [5.74, 6) is 0.697. The third kappa shape index (κ3) is 5.03. The number of para-hydroxylation sites is 1. The van der Waals surface area contributed by atoms with Crippen LogP contribution in [0.2, 0.25) is 0 Å². The lowest BCUT2D eigenvalue weighted by atomic mass is 9.88. The molecule has 0 unspecified atom stereocenters. The van der Waals surface area contributed by atoms with Gasteiger partial charge in [0.1, 0.15) is 5.75 Å². The van der Waals surface area contributed by atoms with Crippen molar-refractivity contribution in [3.63, 3.8) is 0 Å². The van der Waals surface area contributed by atoms with Crippen molar-refractivity contribution in [1.82, 2.24) is 4.31 Å². The quantitative estimate of drug-likeness (QED) is 0.455. The molecule has 0 aliphatic carbocycles. The van der Waals surface area contributed by atoms with Gasteiger partial charge >= 0.3 is 0 Å². The molecule has 2 aromatic carbocycles. The van der Waals surface area contributed by atoms with Crippen LogP contribution in [-0.4, -0.2) is 22.5 Å². The standard InChI is InChI=1S/C22H28N4OS/c1-15-6-8-17(9-7-15)28-26-12-10-16(11-13-26)19(22(24)25)14-20(23)18-4-2-3-5-21(18)27/h2-9,14,16,27H,10-13,23-25H2,1H3/b20-14-. The minimum absolute atomic E-state index is 0.149. The van der Waals surface area contributed by atoms with Crippen LogP contribution in [0.3, 0.4) is 0 Å². The van der Waals surface area contributed by atoms with E-state index in [9.17, 15) is 5.11 Å². The van der Waals surface area contributed by atoms with Crippen LogP contribution in [0.4, 0.5) is 0 Å². The average molecular weight is 397 g/mol. The summed E-state index contributed by atoms with van der Waals surface area (Å²) in [5.41, 5.74) is 21.4. The lowest BCUT2D eigenvalue weighted by Gasteiger charge is -2.32. The SMILES string of the molecule is Cc1ccc(SN2CCC(C(/C=C(\N)c3ccccc3O)=C(N)N)CC2)cc1. The first-order valence-corrected chi connectivity index (χ1v) is 10.2. The number of hydrogen-bond acceptors (Lipinski definition) is 6. The van der Waals surface area contributed by atoms with E-state index in [0.717, 1.165) is 31.5 Å². The summed E-state index contributed by atoms with van der Waals surface area (Å²) < 4.78 is 2.38. The molecule has 1 heterocycles. The minimum atomic E-state index is 0.149. The highest BCUT2D eigenvalue weighted by Gasteiger charge is 2.24. The van der Waals surface area contributed by atoms with E-state index in [0.29, 0.717) is 17.1 Å². The van der Waals surface area contributed by atoms with Crippen molar-refractivity contribution in [3.05, 3.63) is 77.1 Å². The fraction of sp³-hybridized carbons (Fsp3) is 0.273. The Kier molecular flexibility index (Phi) is 6.54. The minimum Gasteiger partial charge on any atom is -0.507 e. The molecule has 0 radical (unpaired) electrons. The van der Waals surface area contributed by atoms with E-state index >= 15 is 0 Å². The lowest BCUT2D eigenvalue weighted by Crippen LogP contribution is -2.30. The fourth-order valence-corrected chi connectivity index (χ4v) is 4.36. The molecule has 7 N–H and O–H groups in total. The Balaban J connectivity index is 1.67. The van der Waals surface area contributed by atoms with Gasteiger partial charge in [0.2, 0.25) is 0 Å². The zero-order valence-electron chi connectivity index (χ0n) is 16.1. The topological polar surface area (TPSA) is 102 Å². The van der Waals surface area contributed by atoms with Crippen molar-refractivity contribution in [3.8, 4) is 5.75 Å². The molecule has 5 nitrogen and oxygen atoms in total. The number of aromatic hydroxyl groups is 1. The smallest absolute Gasteiger partial charge is 0.124 e. The Labute approximate surface area is 171 Å². The third-order valence-corrected chi connectivity index (χ3v) is 6.11. The molecule has 0 bridgehead atoms. The molecule has 148 valence electrons. The van der Waals surface area contributed by atoms with Crippen LogP contribution in [0.1, 0.15) is 24.0 Å². The summed E-state index contributed by atoms with van der Waals surface area (Å²) in [4.78, 5) is 1.25. The van der Waals surface area contributed by atoms with E-state index in [1.54, 1.807) is 30.1 Å². The number of nitrogens with two attached hydrogens (primary N) is 3. The van der Waals surface area contributed by atoms with E-state index in [-0.39, 0.29) is 11.7 Å². The summed E-state index contributed by atoms with van der Waals surface area (Å²) in [6.07, 6.45) is 3.73. The molecule has 3 rings (SSSR count). The van der Waals surface area contributed by atoms with Gasteiger partial charge in [0.05, 0.1) is 5.82 Å². The van der Waals surface area contributed by atoms with Gasteiger partial charge in [0.25, 0.3) is 0 Å². The van der Waals surface area contributed by atoms with Crippen molar-refractivity contribution in [2.75, 3.05) is 13.1 Å². The molecule has 6 heteroatoms. The van der Waals surface area contributed by atoms with Crippen LogP contribution in [0.15, 0.2) is 70.9 Å². The van der Waals surface area contributed by atoms with Gasteiger partial charge in [-0.25, -0.2) is 4.31 Å². The number of nitrogens with zero attached hydrogens (tertiary/aromatic N) is 1. The highest BCUT2D eigenvalue weighted by atomic mass is 32.2. The van der Waals surface area contributed by atoms with Gasteiger partial charge in [-0.3, -0.25) is 0 Å². The largest absolute Gasteiger partial charge is 0.507 e. The van der Waals surface area contributed by atoms with E-state index in [2.05, 4.69) is 35.5 Å². The predicted octanol–water partition coefficient (Wildman–Crippen LogP) is 3.55. The maximum absolute atomic E-state index is 10.0. The monoisotopic (exact) mass is 396 g/mol. The molecule has 2 aromatic rings. The number of phenols is 1. The van der Waals surface area contributed by atoms with Crippen molar-refractivity contribution >= 4 is 17.6 Å². The molecule has 0 aromatic heterocycles. The van der Waals surface area contributed by atoms with Crippen LogP contribution >= 0.6 is 11.9 Å². The average Bonchev–Trinajstić information content (AvgIpc) is 2.68. The summed E-state index contributed by atoms with van der Waals surface area (Å²) in [6, 6.07) is 15.6. The lowest BCUT2D eigenvalue weighted by molar-refractivity contribution is 0.322. The first-order chi connectivity index (χ1) is 13.4. The third-order valence-electron chi connectivity index (χ3n) is 5.01. The highest BCUT2D eigenvalue weighted by Crippen LogP contribution is 2.33. The molecule has 0 saturated carbocycles. The molecular weight excluding hydrogens is 368 g/mol. The summed E-state index contributed by atoms with van der Waals surface area (Å²) >= 11 is 1.79. The Hall–Kier alpha value is -2.57. The second-order valence-corrected chi connectivity index (χ2v) is 8.31. The number of piperidine rings is 1. The zero-order chi connectivity index (χ0) is 20.1. The van der Waals surface area contributed by atoms with Crippen molar-refractivity contribution in [2.24, 2.45) is 23.1 Å². The van der Waals surface area contributed by atoms with Gasteiger partial charge in [0.15, 0.2) is 0 Å². The number of rotatable bonds is 5. The Bertz CT molecular complexity index is 864. The summed E-state index contributed by atoms with van der Waals surface area (Å²) in [5, 5.41) is 10.0. The van der Waals surface area contributed by atoms with Gasteiger partial charge < -0.3 is 22.3 Å². The number of allylic oxidation sites excluding steroid dienone is 2. The van der Waals surface area contributed by atoms with Gasteiger partial charge in [-0.1, -0.05) is 29.8 Å². The van der Waals surface area contributed by atoms with Gasteiger partial charge in [-0.2, -0.15) is 0 Å². The number of benzene rings is 2. The predicted molar refractivity (Wildman–Crippen MR) is 117 cm³/mol. The maximum atomic E-state index is 10.0. The van der Waals surface area contributed by atoms with Crippen LogP contribution in [0, 0.1) is 12.8 Å². The molecule has 1 fully saturated rings. The molecule has 1 aliphatic heterocycles. The van der Waals surface area contributed by atoms with Crippen molar-refractivity contribution < 1.29 is 5.11 Å².